The molecular formula is C10H15IO2. The molecule has 1 aliphatic heterocycles. The van der Waals surface area contributed by atoms with Gasteiger partial charge in [0.2, 0.25) is 5.79 Å². The summed E-state index contributed by atoms with van der Waals surface area (Å²) in [5, 5.41) is 0. The highest BCUT2D eigenvalue weighted by Gasteiger charge is 2.46. The summed E-state index contributed by atoms with van der Waals surface area (Å²) in [7, 11) is 0. The second-order valence-corrected chi connectivity index (χ2v) is 5.71. The molecule has 0 atom stereocenters. The Morgan fingerprint density at radius 1 is 1.31 bits per heavy atom. The first kappa shape index (κ1) is 9.93. The molecule has 0 aromatic heterocycles. The molecule has 74 valence electrons. The molecule has 2 aliphatic rings. The lowest BCUT2D eigenvalue weighted by molar-refractivity contribution is -0.145. The van der Waals surface area contributed by atoms with Crippen molar-refractivity contribution in [3.63, 3.8) is 0 Å². The van der Waals surface area contributed by atoms with E-state index in [0.717, 1.165) is 26.1 Å². The van der Waals surface area contributed by atoms with Crippen molar-refractivity contribution in [3.05, 3.63) is 9.66 Å². The van der Waals surface area contributed by atoms with E-state index < -0.39 is 0 Å². The smallest absolute Gasteiger partial charge is 0.200 e. The highest BCUT2D eigenvalue weighted by molar-refractivity contribution is 14.1. The molecule has 0 amide bonds. The lowest BCUT2D eigenvalue weighted by Crippen LogP contribution is -2.39. The summed E-state index contributed by atoms with van der Waals surface area (Å²) >= 11 is 2.34. The molecule has 2 rings (SSSR count). The zero-order valence-electron chi connectivity index (χ0n) is 8.10. The van der Waals surface area contributed by atoms with E-state index in [2.05, 4.69) is 42.5 Å². The predicted molar refractivity (Wildman–Crippen MR) is 59.8 cm³/mol. The van der Waals surface area contributed by atoms with E-state index in [0.29, 0.717) is 5.41 Å². The van der Waals surface area contributed by atoms with Gasteiger partial charge in [-0.2, -0.15) is 0 Å². The molecule has 0 saturated carbocycles. The Morgan fingerprint density at radius 2 is 1.92 bits per heavy atom. The van der Waals surface area contributed by atoms with Crippen LogP contribution in [0.4, 0.5) is 0 Å². The monoisotopic (exact) mass is 294 g/mol. The minimum absolute atomic E-state index is 0.305. The summed E-state index contributed by atoms with van der Waals surface area (Å²) in [6.45, 7) is 5.99. The van der Waals surface area contributed by atoms with Gasteiger partial charge in [0, 0.05) is 10.0 Å². The number of allylic oxidation sites excluding steroid dienone is 1. The highest BCUT2D eigenvalue weighted by atomic mass is 127. The Kier molecular flexibility index (Phi) is 2.45. The fourth-order valence-corrected chi connectivity index (χ4v) is 2.73. The van der Waals surface area contributed by atoms with Gasteiger partial charge in [0.05, 0.1) is 13.2 Å². The Bertz CT molecular complexity index is 239. The normalized spacial score (nSPS) is 30.5. The second-order valence-electron chi connectivity index (χ2n) is 4.55. The van der Waals surface area contributed by atoms with Gasteiger partial charge in [-0.15, -0.1) is 0 Å². The molecule has 0 aromatic carbocycles. The van der Waals surface area contributed by atoms with Gasteiger partial charge < -0.3 is 9.47 Å². The fraction of sp³-hybridized carbons (Fsp3) is 0.800. The average molecular weight is 294 g/mol. The van der Waals surface area contributed by atoms with Gasteiger partial charge in [0.25, 0.3) is 0 Å². The number of halogens is 1. The van der Waals surface area contributed by atoms with Crippen molar-refractivity contribution < 1.29 is 9.47 Å². The van der Waals surface area contributed by atoms with Gasteiger partial charge in [-0.25, -0.2) is 0 Å². The van der Waals surface area contributed by atoms with Crippen LogP contribution in [0.15, 0.2) is 9.66 Å². The van der Waals surface area contributed by atoms with Crippen molar-refractivity contribution in [2.75, 3.05) is 13.2 Å². The third-order valence-electron chi connectivity index (χ3n) is 2.66. The molecule has 0 radical (unpaired) electrons. The molecule has 0 unspecified atom stereocenters. The van der Waals surface area contributed by atoms with Gasteiger partial charge >= 0.3 is 0 Å². The topological polar surface area (TPSA) is 18.5 Å². The first-order chi connectivity index (χ1) is 6.04. The summed E-state index contributed by atoms with van der Waals surface area (Å²) in [5.41, 5.74) is 0.305. The molecule has 1 spiro atoms. The standard InChI is InChI=1S/C10H15IO2/c1-9(2)4-3-8(11)10(7-9)12-5-6-13-10/h3H,4-7H2,1-2H3. The molecule has 13 heavy (non-hydrogen) atoms. The fourth-order valence-electron chi connectivity index (χ4n) is 2.00. The summed E-state index contributed by atoms with van der Waals surface area (Å²) in [5.74, 6) is -0.387. The van der Waals surface area contributed by atoms with Gasteiger partial charge in [-0.3, -0.25) is 0 Å². The van der Waals surface area contributed by atoms with E-state index >= 15 is 0 Å². The minimum Gasteiger partial charge on any atom is -0.343 e. The average Bonchev–Trinajstić information content (AvgIpc) is 2.47. The van der Waals surface area contributed by atoms with Crippen LogP contribution < -0.4 is 0 Å². The summed E-state index contributed by atoms with van der Waals surface area (Å²) in [4.78, 5) is 0. The predicted octanol–water partition coefficient (Wildman–Crippen LogP) is 2.87. The van der Waals surface area contributed by atoms with Crippen molar-refractivity contribution in [2.45, 2.75) is 32.5 Å². The van der Waals surface area contributed by atoms with Crippen molar-refractivity contribution in [1.29, 1.82) is 0 Å². The maximum Gasteiger partial charge on any atom is 0.200 e. The molecule has 1 saturated heterocycles. The third-order valence-corrected chi connectivity index (χ3v) is 3.92. The van der Waals surface area contributed by atoms with Gasteiger partial charge in [0.1, 0.15) is 0 Å². The van der Waals surface area contributed by atoms with Gasteiger partial charge in [-0.1, -0.05) is 19.9 Å². The molecule has 2 nitrogen and oxygen atoms in total. The van der Waals surface area contributed by atoms with Crippen LogP contribution in [-0.2, 0) is 9.47 Å². The first-order valence-corrected chi connectivity index (χ1v) is 5.76. The molecule has 1 heterocycles. The van der Waals surface area contributed by atoms with Crippen LogP contribution in [0.2, 0.25) is 0 Å². The second kappa shape index (κ2) is 3.21. The molecule has 0 N–H and O–H groups in total. The van der Waals surface area contributed by atoms with E-state index in [1.54, 1.807) is 0 Å². The van der Waals surface area contributed by atoms with Crippen molar-refractivity contribution in [2.24, 2.45) is 5.41 Å². The zero-order valence-corrected chi connectivity index (χ0v) is 10.3. The van der Waals surface area contributed by atoms with Crippen molar-refractivity contribution in [1.82, 2.24) is 0 Å². The zero-order chi connectivity index (χ0) is 9.53. The summed E-state index contributed by atoms with van der Waals surface area (Å²) < 4.78 is 12.7. The summed E-state index contributed by atoms with van der Waals surface area (Å²) in [6.07, 6.45) is 4.35. The van der Waals surface area contributed by atoms with Crippen LogP contribution in [0.3, 0.4) is 0 Å². The van der Waals surface area contributed by atoms with Crippen molar-refractivity contribution >= 4 is 22.6 Å². The van der Waals surface area contributed by atoms with E-state index in [4.69, 9.17) is 9.47 Å². The van der Waals surface area contributed by atoms with Crippen LogP contribution >= 0.6 is 22.6 Å². The van der Waals surface area contributed by atoms with Gasteiger partial charge in [-0.05, 0) is 34.4 Å². The number of hydrogen-bond donors (Lipinski definition) is 0. The molecular weight excluding hydrogens is 279 g/mol. The first-order valence-electron chi connectivity index (χ1n) is 4.68. The largest absolute Gasteiger partial charge is 0.343 e. The summed E-state index contributed by atoms with van der Waals surface area (Å²) in [6, 6.07) is 0. The molecule has 3 heteroatoms. The molecule has 0 aromatic rings. The van der Waals surface area contributed by atoms with E-state index in [1.807, 2.05) is 0 Å². The number of rotatable bonds is 0. The Hall–Kier alpha value is 0.390. The van der Waals surface area contributed by atoms with Crippen molar-refractivity contribution in [3.8, 4) is 0 Å². The van der Waals surface area contributed by atoms with Crippen LogP contribution in [0.1, 0.15) is 26.7 Å². The number of ether oxygens (including phenoxy) is 2. The molecule has 0 bridgehead atoms. The molecule has 1 aliphatic carbocycles. The van der Waals surface area contributed by atoms with Crippen LogP contribution in [-0.4, -0.2) is 19.0 Å². The van der Waals surface area contributed by atoms with Crippen LogP contribution in [0.25, 0.3) is 0 Å². The van der Waals surface area contributed by atoms with Crippen LogP contribution in [0.5, 0.6) is 0 Å². The Labute approximate surface area is 92.8 Å². The van der Waals surface area contributed by atoms with Crippen LogP contribution in [0, 0.1) is 5.41 Å². The van der Waals surface area contributed by atoms with E-state index in [1.165, 1.54) is 3.58 Å². The Balaban J connectivity index is 2.27. The lowest BCUT2D eigenvalue weighted by atomic mass is 9.78. The maximum atomic E-state index is 5.73. The Morgan fingerprint density at radius 3 is 2.54 bits per heavy atom. The highest BCUT2D eigenvalue weighted by Crippen LogP contribution is 2.47. The van der Waals surface area contributed by atoms with Gasteiger partial charge in [0.15, 0.2) is 0 Å². The number of hydrogen-bond acceptors (Lipinski definition) is 2. The van der Waals surface area contributed by atoms with E-state index in [9.17, 15) is 0 Å². The quantitative estimate of drug-likeness (QED) is 0.640. The minimum atomic E-state index is -0.387. The lowest BCUT2D eigenvalue weighted by Gasteiger charge is -2.39. The SMILES string of the molecule is CC1(C)CC=C(I)C2(C1)OCCO2. The maximum absolute atomic E-state index is 5.73. The third kappa shape index (κ3) is 1.78. The molecule has 1 fully saturated rings. The van der Waals surface area contributed by atoms with E-state index in [-0.39, 0.29) is 5.79 Å².